The standard InChI is InChI=1S/C27H27F4N5O2/c1-16(28)26(38)35-14-20(15-35)36-24-21(23(33-36)17-6-8-18(9-7-17)27(29,30)31)4-3-5-22(24)25(37)32-19-10-12-34(2)13-11-19/h3-9,19-20H,1,10-15H2,2H3,(H,32,37). The minimum Gasteiger partial charge on any atom is -0.349 e. The molecule has 0 unspecified atom stereocenters. The van der Waals surface area contributed by atoms with Gasteiger partial charge in [-0.25, -0.2) is 4.39 Å². The zero-order chi connectivity index (χ0) is 27.2. The molecule has 2 saturated heterocycles. The summed E-state index contributed by atoms with van der Waals surface area (Å²) in [4.78, 5) is 28.9. The SMILES string of the molecule is C=C(F)C(=O)N1CC(n2nc(-c3ccc(C(F)(F)F)cc3)c3cccc(C(=O)NC4CCN(C)CC4)c32)C1. The maximum absolute atomic E-state index is 13.4. The fourth-order valence-corrected chi connectivity index (χ4v) is 5.03. The van der Waals surface area contributed by atoms with Crippen molar-refractivity contribution in [2.45, 2.75) is 31.1 Å². The van der Waals surface area contributed by atoms with E-state index in [1.54, 1.807) is 22.9 Å². The molecule has 2 aliphatic rings. The van der Waals surface area contributed by atoms with Gasteiger partial charge in [0.2, 0.25) is 0 Å². The molecule has 3 aromatic rings. The molecule has 0 aliphatic carbocycles. The Balaban J connectivity index is 1.53. The fraction of sp³-hybridized carbons (Fsp3) is 0.370. The summed E-state index contributed by atoms with van der Waals surface area (Å²) in [6, 6.07) is 9.53. The normalized spacial score (nSPS) is 17.4. The van der Waals surface area contributed by atoms with Crippen LogP contribution in [0.2, 0.25) is 0 Å². The zero-order valence-corrected chi connectivity index (χ0v) is 20.8. The van der Waals surface area contributed by atoms with E-state index in [0.29, 0.717) is 27.7 Å². The summed E-state index contributed by atoms with van der Waals surface area (Å²) in [5.74, 6) is -2.13. The van der Waals surface area contributed by atoms with Crippen molar-refractivity contribution in [3.05, 3.63) is 66.0 Å². The zero-order valence-electron chi connectivity index (χ0n) is 20.8. The summed E-state index contributed by atoms with van der Waals surface area (Å²) in [6.45, 7) is 5.12. The van der Waals surface area contributed by atoms with E-state index in [2.05, 4.69) is 16.8 Å². The van der Waals surface area contributed by atoms with Crippen LogP contribution in [0.25, 0.3) is 22.2 Å². The van der Waals surface area contributed by atoms with E-state index in [-0.39, 0.29) is 31.1 Å². The molecule has 7 nitrogen and oxygen atoms in total. The lowest BCUT2D eigenvalue weighted by Gasteiger charge is -2.39. The number of nitrogens with one attached hydrogen (secondary N) is 1. The first-order chi connectivity index (χ1) is 18.0. The van der Waals surface area contributed by atoms with Gasteiger partial charge in [-0.2, -0.15) is 18.3 Å². The second kappa shape index (κ2) is 9.86. The number of amides is 2. The lowest BCUT2D eigenvalue weighted by molar-refractivity contribution is -0.137. The lowest BCUT2D eigenvalue weighted by atomic mass is 10.0. The molecule has 0 spiro atoms. The molecule has 2 amide bonds. The molecule has 1 N–H and O–H groups in total. The number of carbonyl (C=O) groups excluding carboxylic acids is 2. The second-order valence-corrected chi connectivity index (χ2v) is 9.89. The highest BCUT2D eigenvalue weighted by atomic mass is 19.4. The smallest absolute Gasteiger partial charge is 0.349 e. The molecule has 0 atom stereocenters. The van der Waals surface area contributed by atoms with Gasteiger partial charge in [-0.1, -0.05) is 30.8 Å². The van der Waals surface area contributed by atoms with Crippen LogP contribution in [0.3, 0.4) is 0 Å². The Hall–Kier alpha value is -3.73. The van der Waals surface area contributed by atoms with Crippen LogP contribution in [0.4, 0.5) is 17.6 Å². The van der Waals surface area contributed by atoms with Crippen molar-refractivity contribution in [3.63, 3.8) is 0 Å². The molecular formula is C27H27F4N5O2. The van der Waals surface area contributed by atoms with E-state index in [0.717, 1.165) is 38.1 Å². The van der Waals surface area contributed by atoms with Crippen molar-refractivity contribution in [2.75, 3.05) is 33.2 Å². The van der Waals surface area contributed by atoms with E-state index in [1.165, 1.54) is 17.0 Å². The lowest BCUT2D eigenvalue weighted by Crippen LogP contribution is -2.51. The van der Waals surface area contributed by atoms with Crippen molar-refractivity contribution >= 4 is 22.7 Å². The molecule has 38 heavy (non-hydrogen) atoms. The molecule has 0 bridgehead atoms. The predicted molar refractivity (Wildman–Crippen MR) is 134 cm³/mol. The minimum atomic E-state index is -4.47. The molecule has 5 rings (SSSR count). The van der Waals surface area contributed by atoms with Gasteiger partial charge in [0.15, 0.2) is 5.83 Å². The number of halogens is 4. The number of likely N-dealkylation sites (tertiary alicyclic amines) is 2. The maximum Gasteiger partial charge on any atom is 0.416 e. The monoisotopic (exact) mass is 529 g/mol. The molecule has 3 heterocycles. The van der Waals surface area contributed by atoms with Crippen LogP contribution in [0.1, 0.15) is 34.8 Å². The van der Waals surface area contributed by atoms with Crippen LogP contribution in [-0.4, -0.2) is 70.7 Å². The number of hydrogen-bond donors (Lipinski definition) is 1. The molecule has 2 aromatic carbocycles. The Morgan fingerprint density at radius 1 is 1.05 bits per heavy atom. The first-order valence-electron chi connectivity index (χ1n) is 12.3. The van der Waals surface area contributed by atoms with Crippen LogP contribution in [-0.2, 0) is 11.0 Å². The Labute approximate surface area is 216 Å². The van der Waals surface area contributed by atoms with Gasteiger partial charge >= 0.3 is 6.18 Å². The minimum absolute atomic E-state index is 0.0205. The number of fused-ring (bicyclic) bond motifs is 1. The van der Waals surface area contributed by atoms with Crippen LogP contribution in [0.15, 0.2) is 54.9 Å². The van der Waals surface area contributed by atoms with Crippen molar-refractivity contribution in [1.82, 2.24) is 24.9 Å². The van der Waals surface area contributed by atoms with Gasteiger partial charge < -0.3 is 15.1 Å². The number of hydrogen-bond acceptors (Lipinski definition) is 4. The van der Waals surface area contributed by atoms with Crippen molar-refractivity contribution in [1.29, 1.82) is 0 Å². The number of benzene rings is 2. The van der Waals surface area contributed by atoms with Gasteiger partial charge in [0.05, 0.1) is 22.7 Å². The van der Waals surface area contributed by atoms with Gasteiger partial charge in [0.1, 0.15) is 5.69 Å². The Kier molecular flexibility index (Phi) is 6.72. The summed E-state index contributed by atoms with van der Waals surface area (Å²) >= 11 is 0. The van der Waals surface area contributed by atoms with E-state index in [9.17, 15) is 27.2 Å². The highest BCUT2D eigenvalue weighted by molar-refractivity contribution is 6.09. The fourth-order valence-electron chi connectivity index (χ4n) is 5.03. The first-order valence-corrected chi connectivity index (χ1v) is 12.3. The van der Waals surface area contributed by atoms with Gasteiger partial charge in [-0.05, 0) is 51.2 Å². The van der Waals surface area contributed by atoms with E-state index in [4.69, 9.17) is 5.10 Å². The van der Waals surface area contributed by atoms with Gasteiger partial charge in [0.25, 0.3) is 11.8 Å². The third-order valence-electron chi connectivity index (χ3n) is 7.24. The number of rotatable bonds is 5. The molecule has 1 aromatic heterocycles. The second-order valence-electron chi connectivity index (χ2n) is 9.89. The summed E-state index contributed by atoms with van der Waals surface area (Å²) in [7, 11) is 2.03. The molecule has 0 saturated carbocycles. The number of aromatic nitrogens is 2. The third-order valence-corrected chi connectivity index (χ3v) is 7.24. The molecule has 2 fully saturated rings. The topological polar surface area (TPSA) is 70.5 Å². The van der Waals surface area contributed by atoms with E-state index >= 15 is 0 Å². The Morgan fingerprint density at radius 3 is 2.32 bits per heavy atom. The van der Waals surface area contributed by atoms with Crippen LogP contribution >= 0.6 is 0 Å². The highest BCUT2D eigenvalue weighted by Crippen LogP contribution is 2.36. The summed E-state index contributed by atoms with van der Waals surface area (Å²) in [5, 5.41) is 8.41. The van der Waals surface area contributed by atoms with Gasteiger partial charge in [-0.3, -0.25) is 14.3 Å². The number of alkyl halides is 3. The Morgan fingerprint density at radius 2 is 1.71 bits per heavy atom. The number of piperidine rings is 1. The van der Waals surface area contributed by atoms with Crippen LogP contribution < -0.4 is 5.32 Å². The highest BCUT2D eigenvalue weighted by Gasteiger charge is 2.36. The first kappa shape index (κ1) is 25.9. The number of nitrogens with zero attached hydrogens (tertiary/aromatic N) is 4. The largest absolute Gasteiger partial charge is 0.416 e. The average molecular weight is 530 g/mol. The molecule has 200 valence electrons. The van der Waals surface area contributed by atoms with Gasteiger partial charge in [0, 0.05) is 30.1 Å². The third kappa shape index (κ3) is 4.90. The summed E-state index contributed by atoms with van der Waals surface area (Å²) in [5.41, 5.74) is 1.000. The molecular weight excluding hydrogens is 502 g/mol. The Bertz CT molecular complexity index is 1380. The molecule has 2 aliphatic heterocycles. The van der Waals surface area contributed by atoms with Crippen molar-refractivity contribution < 1.29 is 27.2 Å². The van der Waals surface area contributed by atoms with E-state index in [1.807, 2.05) is 7.05 Å². The maximum atomic E-state index is 13.4. The van der Waals surface area contributed by atoms with E-state index < -0.39 is 23.5 Å². The molecule has 11 heteroatoms. The molecule has 0 radical (unpaired) electrons. The van der Waals surface area contributed by atoms with Crippen molar-refractivity contribution in [2.24, 2.45) is 0 Å². The van der Waals surface area contributed by atoms with Gasteiger partial charge in [-0.15, -0.1) is 0 Å². The van der Waals surface area contributed by atoms with Crippen molar-refractivity contribution in [3.8, 4) is 11.3 Å². The van der Waals surface area contributed by atoms with Crippen LogP contribution in [0, 0.1) is 0 Å². The average Bonchev–Trinajstić information content (AvgIpc) is 3.23. The summed E-state index contributed by atoms with van der Waals surface area (Å²) in [6.07, 6.45) is -2.83. The number of carbonyl (C=O) groups is 2. The quantitative estimate of drug-likeness (QED) is 0.393. The summed E-state index contributed by atoms with van der Waals surface area (Å²) < 4.78 is 54.4. The predicted octanol–water partition coefficient (Wildman–Crippen LogP) is 4.41. The van der Waals surface area contributed by atoms with Crippen LogP contribution in [0.5, 0.6) is 0 Å². The number of para-hydroxylation sites is 1.